The SMILES string of the molecule is CCCN1CCC(NCC(CN)C(C)C)CC1. The van der Waals surface area contributed by atoms with Crippen molar-refractivity contribution in [2.75, 3.05) is 32.7 Å². The van der Waals surface area contributed by atoms with Crippen molar-refractivity contribution in [3.05, 3.63) is 0 Å². The van der Waals surface area contributed by atoms with E-state index in [-0.39, 0.29) is 0 Å². The lowest BCUT2D eigenvalue weighted by molar-refractivity contribution is 0.192. The fourth-order valence-corrected chi connectivity index (χ4v) is 2.59. The van der Waals surface area contributed by atoms with E-state index in [0.29, 0.717) is 11.8 Å². The third kappa shape index (κ3) is 5.36. The van der Waals surface area contributed by atoms with Crippen LogP contribution in [-0.4, -0.2) is 43.7 Å². The molecule has 1 fully saturated rings. The van der Waals surface area contributed by atoms with Gasteiger partial charge in [-0.25, -0.2) is 0 Å². The van der Waals surface area contributed by atoms with Gasteiger partial charge in [0.2, 0.25) is 0 Å². The Morgan fingerprint density at radius 3 is 2.41 bits per heavy atom. The van der Waals surface area contributed by atoms with Crippen LogP contribution in [0.3, 0.4) is 0 Å². The topological polar surface area (TPSA) is 41.3 Å². The van der Waals surface area contributed by atoms with Crippen molar-refractivity contribution >= 4 is 0 Å². The molecule has 0 saturated carbocycles. The highest BCUT2D eigenvalue weighted by molar-refractivity contribution is 4.78. The van der Waals surface area contributed by atoms with E-state index in [9.17, 15) is 0 Å². The van der Waals surface area contributed by atoms with Gasteiger partial charge < -0.3 is 16.0 Å². The molecule has 102 valence electrons. The van der Waals surface area contributed by atoms with Crippen LogP contribution in [0.5, 0.6) is 0 Å². The van der Waals surface area contributed by atoms with E-state index >= 15 is 0 Å². The first kappa shape index (κ1) is 14.9. The van der Waals surface area contributed by atoms with Gasteiger partial charge in [-0.15, -0.1) is 0 Å². The van der Waals surface area contributed by atoms with Gasteiger partial charge in [0.15, 0.2) is 0 Å². The first-order valence-corrected chi connectivity index (χ1v) is 7.33. The number of likely N-dealkylation sites (tertiary alicyclic amines) is 1. The molecule has 0 amide bonds. The van der Waals surface area contributed by atoms with Gasteiger partial charge in [0, 0.05) is 6.04 Å². The molecule has 0 bridgehead atoms. The van der Waals surface area contributed by atoms with Gasteiger partial charge in [0.05, 0.1) is 0 Å². The first-order chi connectivity index (χ1) is 8.17. The molecule has 0 spiro atoms. The van der Waals surface area contributed by atoms with Gasteiger partial charge in [-0.3, -0.25) is 0 Å². The second kappa shape index (κ2) is 8.06. The number of nitrogens with zero attached hydrogens (tertiary/aromatic N) is 1. The van der Waals surface area contributed by atoms with Crippen LogP contribution in [0.15, 0.2) is 0 Å². The number of nitrogens with two attached hydrogens (primary N) is 1. The molecule has 17 heavy (non-hydrogen) atoms. The Bertz CT molecular complexity index is 186. The predicted octanol–water partition coefficient (Wildman–Crippen LogP) is 1.68. The van der Waals surface area contributed by atoms with Crippen LogP contribution in [0, 0.1) is 11.8 Å². The molecular weight excluding hydrogens is 210 g/mol. The van der Waals surface area contributed by atoms with Crippen LogP contribution in [-0.2, 0) is 0 Å². The largest absolute Gasteiger partial charge is 0.330 e. The summed E-state index contributed by atoms with van der Waals surface area (Å²) in [7, 11) is 0. The molecule has 1 atom stereocenters. The Balaban J connectivity index is 2.17. The van der Waals surface area contributed by atoms with Crippen LogP contribution in [0.25, 0.3) is 0 Å². The van der Waals surface area contributed by atoms with Crippen molar-refractivity contribution in [3.63, 3.8) is 0 Å². The summed E-state index contributed by atoms with van der Waals surface area (Å²) in [6, 6.07) is 0.718. The van der Waals surface area contributed by atoms with E-state index < -0.39 is 0 Å². The second-order valence-electron chi connectivity index (χ2n) is 5.76. The van der Waals surface area contributed by atoms with E-state index in [1.807, 2.05) is 0 Å². The van der Waals surface area contributed by atoms with Crippen LogP contribution in [0.1, 0.15) is 40.0 Å². The highest BCUT2D eigenvalue weighted by atomic mass is 15.1. The molecule has 1 saturated heterocycles. The average molecular weight is 241 g/mol. The Morgan fingerprint density at radius 2 is 1.94 bits per heavy atom. The third-order valence-electron chi connectivity index (χ3n) is 4.04. The molecule has 0 radical (unpaired) electrons. The number of nitrogens with one attached hydrogen (secondary N) is 1. The fourth-order valence-electron chi connectivity index (χ4n) is 2.59. The Hall–Kier alpha value is -0.120. The zero-order chi connectivity index (χ0) is 12.7. The van der Waals surface area contributed by atoms with Gasteiger partial charge in [0.25, 0.3) is 0 Å². The van der Waals surface area contributed by atoms with Crippen LogP contribution >= 0.6 is 0 Å². The number of piperidine rings is 1. The lowest BCUT2D eigenvalue weighted by Gasteiger charge is -2.33. The van der Waals surface area contributed by atoms with Gasteiger partial charge in [-0.05, 0) is 63.8 Å². The maximum Gasteiger partial charge on any atom is 0.00915 e. The molecule has 3 heteroatoms. The quantitative estimate of drug-likeness (QED) is 0.712. The number of hydrogen-bond donors (Lipinski definition) is 2. The number of hydrogen-bond acceptors (Lipinski definition) is 3. The summed E-state index contributed by atoms with van der Waals surface area (Å²) < 4.78 is 0. The minimum atomic E-state index is 0.628. The van der Waals surface area contributed by atoms with E-state index in [1.165, 1.54) is 38.9 Å². The van der Waals surface area contributed by atoms with Crippen molar-refractivity contribution in [3.8, 4) is 0 Å². The maximum atomic E-state index is 5.80. The lowest BCUT2D eigenvalue weighted by Crippen LogP contribution is -2.45. The molecule has 1 rings (SSSR count). The zero-order valence-electron chi connectivity index (χ0n) is 11.9. The molecule has 0 aromatic rings. The minimum absolute atomic E-state index is 0.628. The van der Waals surface area contributed by atoms with Crippen molar-refractivity contribution in [1.29, 1.82) is 0 Å². The van der Waals surface area contributed by atoms with Gasteiger partial charge in [0.1, 0.15) is 0 Å². The molecule has 1 heterocycles. The van der Waals surface area contributed by atoms with Crippen LogP contribution in [0.4, 0.5) is 0 Å². The van der Waals surface area contributed by atoms with Gasteiger partial charge in [-0.2, -0.15) is 0 Å². The maximum absolute atomic E-state index is 5.80. The minimum Gasteiger partial charge on any atom is -0.330 e. The summed E-state index contributed by atoms with van der Waals surface area (Å²) in [5.74, 6) is 1.32. The van der Waals surface area contributed by atoms with Crippen LogP contribution in [0.2, 0.25) is 0 Å². The second-order valence-corrected chi connectivity index (χ2v) is 5.76. The van der Waals surface area contributed by atoms with Gasteiger partial charge >= 0.3 is 0 Å². The van der Waals surface area contributed by atoms with Gasteiger partial charge in [-0.1, -0.05) is 20.8 Å². The van der Waals surface area contributed by atoms with E-state index in [1.54, 1.807) is 0 Å². The molecule has 0 aliphatic carbocycles. The highest BCUT2D eigenvalue weighted by Crippen LogP contribution is 2.13. The zero-order valence-corrected chi connectivity index (χ0v) is 11.9. The Labute approximate surface area is 107 Å². The van der Waals surface area contributed by atoms with E-state index in [0.717, 1.165) is 19.1 Å². The van der Waals surface area contributed by atoms with E-state index in [4.69, 9.17) is 5.73 Å². The van der Waals surface area contributed by atoms with Crippen molar-refractivity contribution < 1.29 is 0 Å². The standard InChI is InChI=1S/C14H31N3/c1-4-7-17-8-5-14(6-9-17)16-11-13(10-15)12(2)3/h12-14,16H,4-11,15H2,1-3H3. The summed E-state index contributed by atoms with van der Waals surface area (Å²) in [6.45, 7) is 12.5. The monoisotopic (exact) mass is 241 g/mol. The number of rotatable bonds is 7. The van der Waals surface area contributed by atoms with Crippen molar-refractivity contribution in [2.45, 2.75) is 46.1 Å². The summed E-state index contributed by atoms with van der Waals surface area (Å²) in [5, 5.41) is 3.71. The van der Waals surface area contributed by atoms with Crippen LogP contribution < -0.4 is 11.1 Å². The molecule has 3 nitrogen and oxygen atoms in total. The van der Waals surface area contributed by atoms with Crippen molar-refractivity contribution in [1.82, 2.24) is 10.2 Å². The molecule has 0 aromatic heterocycles. The Morgan fingerprint density at radius 1 is 1.29 bits per heavy atom. The Kier molecular flexibility index (Phi) is 7.09. The first-order valence-electron chi connectivity index (χ1n) is 7.33. The predicted molar refractivity (Wildman–Crippen MR) is 75.1 cm³/mol. The van der Waals surface area contributed by atoms with Crippen molar-refractivity contribution in [2.24, 2.45) is 17.6 Å². The summed E-state index contributed by atoms with van der Waals surface area (Å²) in [6.07, 6.45) is 3.88. The molecule has 1 unspecified atom stereocenters. The smallest absolute Gasteiger partial charge is 0.00915 e. The highest BCUT2D eigenvalue weighted by Gasteiger charge is 2.19. The summed E-state index contributed by atoms with van der Waals surface area (Å²) >= 11 is 0. The molecule has 0 aromatic carbocycles. The molecular formula is C14H31N3. The molecule has 1 aliphatic rings. The third-order valence-corrected chi connectivity index (χ3v) is 4.04. The average Bonchev–Trinajstić information content (AvgIpc) is 2.32. The lowest BCUT2D eigenvalue weighted by atomic mass is 9.95. The molecule has 3 N–H and O–H groups in total. The normalized spacial score (nSPS) is 21.0. The fraction of sp³-hybridized carbons (Fsp3) is 1.00. The molecule has 1 aliphatic heterocycles. The summed E-state index contributed by atoms with van der Waals surface area (Å²) in [5.41, 5.74) is 5.80. The summed E-state index contributed by atoms with van der Waals surface area (Å²) in [4.78, 5) is 2.58. The van der Waals surface area contributed by atoms with E-state index in [2.05, 4.69) is 31.0 Å².